The van der Waals surface area contributed by atoms with E-state index in [-0.39, 0.29) is 17.5 Å². The molecular formula is C21H28N4O3. The second kappa shape index (κ2) is 9.50. The molecule has 0 bridgehead atoms. The minimum absolute atomic E-state index is 0.0824. The van der Waals surface area contributed by atoms with Crippen molar-refractivity contribution < 1.29 is 14.3 Å². The van der Waals surface area contributed by atoms with Gasteiger partial charge in [0.2, 0.25) is 0 Å². The Balaban J connectivity index is 1.65. The number of ether oxygens (including phenoxy) is 1. The molecule has 1 aliphatic heterocycles. The second-order valence-electron chi connectivity index (χ2n) is 7.01. The lowest BCUT2D eigenvalue weighted by Gasteiger charge is -2.20. The Morgan fingerprint density at radius 3 is 2.79 bits per heavy atom. The van der Waals surface area contributed by atoms with Gasteiger partial charge in [-0.2, -0.15) is 5.10 Å². The van der Waals surface area contributed by atoms with Crippen molar-refractivity contribution in [3.63, 3.8) is 0 Å². The van der Waals surface area contributed by atoms with Crippen molar-refractivity contribution in [1.29, 1.82) is 0 Å². The number of nitrogens with one attached hydrogen (secondary N) is 1. The van der Waals surface area contributed by atoms with Crippen LogP contribution in [0, 0.1) is 6.92 Å². The maximum atomic E-state index is 13.0. The molecule has 1 aromatic carbocycles. The van der Waals surface area contributed by atoms with E-state index in [2.05, 4.69) is 22.5 Å². The van der Waals surface area contributed by atoms with E-state index in [9.17, 15) is 9.59 Å². The van der Waals surface area contributed by atoms with Gasteiger partial charge in [0, 0.05) is 45.5 Å². The van der Waals surface area contributed by atoms with Gasteiger partial charge in [0.1, 0.15) is 5.69 Å². The molecule has 0 atom stereocenters. The Labute approximate surface area is 165 Å². The molecule has 150 valence electrons. The zero-order valence-electron chi connectivity index (χ0n) is 16.6. The van der Waals surface area contributed by atoms with Crippen LogP contribution in [0.4, 0.5) is 0 Å². The van der Waals surface area contributed by atoms with E-state index in [4.69, 9.17) is 4.74 Å². The summed E-state index contributed by atoms with van der Waals surface area (Å²) in [4.78, 5) is 27.2. The highest BCUT2D eigenvalue weighted by atomic mass is 16.5. The fraction of sp³-hybridized carbons (Fsp3) is 0.476. The third-order valence-corrected chi connectivity index (χ3v) is 4.77. The third kappa shape index (κ3) is 4.98. The summed E-state index contributed by atoms with van der Waals surface area (Å²) in [7, 11) is 0. The number of hydrogen-bond acceptors (Lipinski definition) is 4. The Hall–Kier alpha value is -2.67. The predicted octanol–water partition coefficient (Wildman–Crippen LogP) is 2.39. The summed E-state index contributed by atoms with van der Waals surface area (Å²) < 4.78 is 6.92. The molecular weight excluding hydrogens is 356 g/mol. The third-order valence-electron chi connectivity index (χ3n) is 4.77. The summed E-state index contributed by atoms with van der Waals surface area (Å²) in [5.41, 5.74) is 3.06. The first-order chi connectivity index (χ1) is 13.6. The number of amides is 2. The first kappa shape index (κ1) is 20.1. The van der Waals surface area contributed by atoms with Crippen LogP contribution in [0.1, 0.15) is 51.9 Å². The molecule has 0 saturated heterocycles. The summed E-state index contributed by atoms with van der Waals surface area (Å²) in [5, 5.41) is 7.19. The fourth-order valence-electron chi connectivity index (χ4n) is 3.22. The predicted molar refractivity (Wildman–Crippen MR) is 106 cm³/mol. The van der Waals surface area contributed by atoms with Gasteiger partial charge in [0.05, 0.1) is 0 Å². The number of aromatic nitrogens is 2. The summed E-state index contributed by atoms with van der Waals surface area (Å²) in [6.07, 6.45) is 1.55. The number of nitrogens with zero attached hydrogens (tertiary/aromatic N) is 3. The molecule has 0 radical (unpaired) electrons. The van der Waals surface area contributed by atoms with Crippen LogP contribution < -0.4 is 5.32 Å². The molecule has 0 spiro atoms. The lowest BCUT2D eigenvalue weighted by molar-refractivity contribution is 0.0745. The van der Waals surface area contributed by atoms with Crippen molar-refractivity contribution in [1.82, 2.24) is 20.0 Å². The quantitative estimate of drug-likeness (QED) is 0.709. The van der Waals surface area contributed by atoms with Crippen molar-refractivity contribution in [2.24, 2.45) is 0 Å². The highest BCUT2D eigenvalue weighted by Gasteiger charge is 2.26. The van der Waals surface area contributed by atoms with Crippen LogP contribution in [0.3, 0.4) is 0 Å². The van der Waals surface area contributed by atoms with Crippen molar-refractivity contribution >= 4 is 11.8 Å². The van der Waals surface area contributed by atoms with Gasteiger partial charge in [-0.15, -0.1) is 0 Å². The van der Waals surface area contributed by atoms with Crippen molar-refractivity contribution in [3.05, 3.63) is 52.8 Å². The average Bonchev–Trinajstić information content (AvgIpc) is 3.06. The minimum atomic E-state index is -0.255. The minimum Gasteiger partial charge on any atom is -0.382 e. The number of benzene rings is 1. The molecule has 1 aliphatic rings. The monoisotopic (exact) mass is 384 g/mol. The number of carbonyl (C=O) groups is 2. The number of aryl methyl sites for hydroxylation is 2. The van der Waals surface area contributed by atoms with Crippen molar-refractivity contribution in [2.75, 3.05) is 26.3 Å². The van der Waals surface area contributed by atoms with Crippen LogP contribution >= 0.6 is 0 Å². The van der Waals surface area contributed by atoms with E-state index in [1.165, 1.54) is 5.56 Å². The first-order valence-corrected chi connectivity index (χ1v) is 9.87. The van der Waals surface area contributed by atoms with E-state index in [1.807, 2.05) is 30.9 Å². The zero-order chi connectivity index (χ0) is 19.9. The summed E-state index contributed by atoms with van der Waals surface area (Å²) in [5.74, 6) is -0.337. The highest BCUT2D eigenvalue weighted by molar-refractivity contribution is 5.98. The number of fused-ring (bicyclic) bond motifs is 1. The van der Waals surface area contributed by atoms with Crippen LogP contribution in [0.25, 0.3) is 0 Å². The van der Waals surface area contributed by atoms with E-state index < -0.39 is 0 Å². The molecule has 2 heterocycles. The summed E-state index contributed by atoms with van der Waals surface area (Å²) in [6.45, 7) is 7.65. The molecule has 7 nitrogen and oxygen atoms in total. The number of rotatable bonds is 8. The Bertz CT molecular complexity index is 814. The van der Waals surface area contributed by atoms with Crippen LogP contribution in [0.2, 0.25) is 0 Å². The van der Waals surface area contributed by atoms with Gasteiger partial charge in [-0.25, -0.2) is 0 Å². The molecule has 2 amide bonds. The lowest BCUT2D eigenvalue weighted by atomic mass is 10.1. The second-order valence-corrected chi connectivity index (χ2v) is 7.01. The van der Waals surface area contributed by atoms with Gasteiger partial charge in [-0.3, -0.25) is 14.3 Å². The average molecular weight is 384 g/mol. The van der Waals surface area contributed by atoms with E-state index in [0.29, 0.717) is 45.1 Å². The molecule has 1 N–H and O–H groups in total. The largest absolute Gasteiger partial charge is 0.382 e. The normalized spacial score (nSPS) is 13.9. The SMILES string of the molecule is CCOCCCNC(=O)c1cc2n(n1)CCCN(Cc1ccc(C)cc1)C2=O. The van der Waals surface area contributed by atoms with Crippen LogP contribution in [0.15, 0.2) is 30.3 Å². The summed E-state index contributed by atoms with van der Waals surface area (Å²) >= 11 is 0. The van der Waals surface area contributed by atoms with Crippen LogP contribution in [-0.4, -0.2) is 52.8 Å². The van der Waals surface area contributed by atoms with Gasteiger partial charge < -0.3 is 15.0 Å². The smallest absolute Gasteiger partial charge is 0.272 e. The van der Waals surface area contributed by atoms with E-state index >= 15 is 0 Å². The van der Waals surface area contributed by atoms with Crippen molar-refractivity contribution in [2.45, 2.75) is 39.8 Å². The molecule has 0 fully saturated rings. The molecule has 1 aromatic heterocycles. The summed E-state index contributed by atoms with van der Waals surface area (Å²) in [6, 6.07) is 9.80. The fourth-order valence-corrected chi connectivity index (χ4v) is 3.22. The molecule has 7 heteroatoms. The Morgan fingerprint density at radius 2 is 2.04 bits per heavy atom. The molecule has 28 heavy (non-hydrogen) atoms. The molecule has 0 saturated carbocycles. The van der Waals surface area contributed by atoms with Gasteiger partial charge >= 0.3 is 0 Å². The first-order valence-electron chi connectivity index (χ1n) is 9.87. The maximum Gasteiger partial charge on any atom is 0.272 e. The Morgan fingerprint density at radius 1 is 1.25 bits per heavy atom. The Kier molecular flexibility index (Phi) is 6.81. The van der Waals surface area contributed by atoms with E-state index in [0.717, 1.165) is 18.4 Å². The number of hydrogen-bond donors (Lipinski definition) is 1. The topological polar surface area (TPSA) is 76.5 Å². The number of carbonyl (C=O) groups excluding carboxylic acids is 2. The van der Waals surface area contributed by atoms with Gasteiger partial charge in [-0.1, -0.05) is 29.8 Å². The van der Waals surface area contributed by atoms with Crippen molar-refractivity contribution in [3.8, 4) is 0 Å². The van der Waals surface area contributed by atoms with Crippen LogP contribution in [-0.2, 0) is 17.8 Å². The maximum absolute atomic E-state index is 13.0. The molecule has 0 aliphatic carbocycles. The molecule has 3 rings (SSSR count). The van der Waals surface area contributed by atoms with Gasteiger partial charge in [-0.05, 0) is 32.3 Å². The zero-order valence-corrected chi connectivity index (χ0v) is 16.6. The standard InChI is InChI=1S/C21H28N4O3/c1-3-28-13-4-10-22-20(26)18-14-19-21(27)24(11-5-12-25(19)23-18)15-17-8-6-16(2)7-9-17/h6-9,14H,3-5,10-13,15H2,1-2H3,(H,22,26). The molecule has 2 aromatic rings. The lowest BCUT2D eigenvalue weighted by Crippen LogP contribution is -2.30. The molecule has 0 unspecified atom stereocenters. The van der Waals surface area contributed by atoms with Gasteiger partial charge in [0.25, 0.3) is 11.8 Å². The van der Waals surface area contributed by atoms with Crippen LogP contribution in [0.5, 0.6) is 0 Å². The van der Waals surface area contributed by atoms with E-state index in [1.54, 1.807) is 10.7 Å². The van der Waals surface area contributed by atoms with Gasteiger partial charge in [0.15, 0.2) is 5.69 Å². The highest BCUT2D eigenvalue weighted by Crippen LogP contribution is 2.17.